The summed E-state index contributed by atoms with van der Waals surface area (Å²) in [4.78, 5) is 2.64. The summed E-state index contributed by atoms with van der Waals surface area (Å²) in [7, 11) is 0. The van der Waals surface area contributed by atoms with E-state index in [-0.39, 0.29) is 0 Å². The van der Waals surface area contributed by atoms with Gasteiger partial charge in [0.25, 0.3) is 0 Å². The lowest BCUT2D eigenvalue weighted by Crippen LogP contribution is -2.22. The maximum atomic E-state index is 5.60. The molecule has 0 aromatic carbocycles. The molecule has 0 amide bonds. The van der Waals surface area contributed by atoms with Gasteiger partial charge in [-0.2, -0.15) is 0 Å². The van der Waals surface area contributed by atoms with E-state index in [2.05, 4.69) is 11.8 Å². The number of unbranched alkanes of at least 4 members (excludes halogenated alkanes) is 5. The van der Waals surface area contributed by atoms with Crippen molar-refractivity contribution < 1.29 is 0 Å². The number of hydrogen-bond acceptors (Lipinski definition) is 2. The summed E-state index contributed by atoms with van der Waals surface area (Å²) in [6.45, 7) is 7.11. The molecule has 0 spiro atoms. The fourth-order valence-corrected chi connectivity index (χ4v) is 2.70. The molecule has 96 valence electrons. The van der Waals surface area contributed by atoms with E-state index in [1.807, 2.05) is 0 Å². The topological polar surface area (TPSA) is 29.3 Å². The second-order valence-electron chi connectivity index (χ2n) is 5.30. The van der Waals surface area contributed by atoms with Gasteiger partial charge in [0.15, 0.2) is 0 Å². The number of rotatable bonds is 9. The molecule has 2 heteroatoms. The molecule has 0 aromatic heterocycles. The van der Waals surface area contributed by atoms with Crippen molar-refractivity contribution in [2.24, 2.45) is 11.7 Å². The fraction of sp³-hybridized carbons (Fsp3) is 1.00. The molecule has 1 atom stereocenters. The van der Waals surface area contributed by atoms with Crippen LogP contribution in [0.4, 0.5) is 0 Å². The van der Waals surface area contributed by atoms with Gasteiger partial charge in [-0.3, -0.25) is 0 Å². The fourth-order valence-electron chi connectivity index (χ4n) is 2.70. The van der Waals surface area contributed by atoms with Crippen LogP contribution < -0.4 is 5.73 Å². The molecule has 0 aromatic rings. The van der Waals surface area contributed by atoms with Gasteiger partial charge < -0.3 is 10.6 Å². The van der Waals surface area contributed by atoms with Gasteiger partial charge >= 0.3 is 0 Å². The third-order valence-corrected chi connectivity index (χ3v) is 3.77. The highest BCUT2D eigenvalue weighted by Crippen LogP contribution is 2.19. The SMILES string of the molecule is CCCCCCCCN1CCC(CCN)C1. The summed E-state index contributed by atoms with van der Waals surface area (Å²) in [5.41, 5.74) is 5.60. The molecule has 1 aliphatic rings. The number of nitrogens with two attached hydrogens (primary N) is 1. The van der Waals surface area contributed by atoms with Gasteiger partial charge in [0, 0.05) is 6.54 Å². The summed E-state index contributed by atoms with van der Waals surface area (Å²) in [5.74, 6) is 0.894. The van der Waals surface area contributed by atoms with E-state index in [1.165, 1.54) is 71.0 Å². The molecule has 16 heavy (non-hydrogen) atoms. The predicted octanol–water partition coefficient (Wildman–Crippen LogP) is 3.02. The largest absolute Gasteiger partial charge is 0.330 e. The normalized spacial score (nSPS) is 21.8. The Morgan fingerprint density at radius 2 is 1.88 bits per heavy atom. The van der Waals surface area contributed by atoms with Gasteiger partial charge in [0.05, 0.1) is 0 Å². The van der Waals surface area contributed by atoms with Crippen molar-refractivity contribution in [1.29, 1.82) is 0 Å². The highest BCUT2D eigenvalue weighted by atomic mass is 15.1. The summed E-state index contributed by atoms with van der Waals surface area (Å²) < 4.78 is 0. The van der Waals surface area contributed by atoms with Crippen LogP contribution in [-0.4, -0.2) is 31.1 Å². The van der Waals surface area contributed by atoms with Crippen molar-refractivity contribution >= 4 is 0 Å². The standard InChI is InChI=1S/C14H30N2/c1-2-3-4-5-6-7-11-16-12-9-14(13-16)8-10-15/h14H,2-13,15H2,1H3. The monoisotopic (exact) mass is 226 g/mol. The number of likely N-dealkylation sites (tertiary alicyclic amines) is 1. The lowest BCUT2D eigenvalue weighted by atomic mass is 10.1. The number of hydrogen-bond donors (Lipinski definition) is 1. The summed E-state index contributed by atoms with van der Waals surface area (Å²) in [5, 5.41) is 0. The van der Waals surface area contributed by atoms with Gasteiger partial charge in [-0.1, -0.05) is 39.0 Å². The molecule has 1 rings (SSSR count). The molecule has 0 radical (unpaired) electrons. The maximum absolute atomic E-state index is 5.60. The van der Waals surface area contributed by atoms with Gasteiger partial charge in [0.1, 0.15) is 0 Å². The van der Waals surface area contributed by atoms with Crippen molar-refractivity contribution in [1.82, 2.24) is 4.90 Å². The van der Waals surface area contributed by atoms with Crippen LogP contribution in [0.25, 0.3) is 0 Å². The third-order valence-electron chi connectivity index (χ3n) is 3.77. The molecule has 1 aliphatic heterocycles. The van der Waals surface area contributed by atoms with Crippen molar-refractivity contribution in [2.75, 3.05) is 26.2 Å². The summed E-state index contributed by atoms with van der Waals surface area (Å²) in [6.07, 6.45) is 11.1. The molecule has 0 bridgehead atoms. The molecular weight excluding hydrogens is 196 g/mol. The van der Waals surface area contributed by atoms with Crippen molar-refractivity contribution in [3.05, 3.63) is 0 Å². The van der Waals surface area contributed by atoms with Crippen LogP contribution in [0.1, 0.15) is 58.3 Å². The Labute approximate surface area is 102 Å². The smallest absolute Gasteiger partial charge is 0.00106 e. The average molecular weight is 226 g/mol. The minimum atomic E-state index is 0.871. The molecule has 1 saturated heterocycles. The lowest BCUT2D eigenvalue weighted by molar-refractivity contribution is 0.312. The molecule has 1 unspecified atom stereocenters. The van der Waals surface area contributed by atoms with Crippen LogP contribution in [0.5, 0.6) is 0 Å². The first kappa shape index (κ1) is 14.0. The maximum Gasteiger partial charge on any atom is 0.00106 e. The Morgan fingerprint density at radius 3 is 2.62 bits per heavy atom. The third kappa shape index (κ3) is 5.86. The molecule has 1 heterocycles. The second-order valence-corrected chi connectivity index (χ2v) is 5.30. The molecule has 0 aliphatic carbocycles. The Kier molecular flexibility index (Phi) is 7.87. The van der Waals surface area contributed by atoms with Gasteiger partial charge in [-0.25, -0.2) is 0 Å². The van der Waals surface area contributed by atoms with Crippen LogP contribution in [0.2, 0.25) is 0 Å². The van der Waals surface area contributed by atoms with Crippen molar-refractivity contribution in [3.63, 3.8) is 0 Å². The van der Waals surface area contributed by atoms with E-state index >= 15 is 0 Å². The zero-order valence-corrected chi connectivity index (χ0v) is 11.1. The second kappa shape index (κ2) is 9.00. The van der Waals surface area contributed by atoms with Gasteiger partial charge in [-0.15, -0.1) is 0 Å². The Morgan fingerprint density at radius 1 is 1.12 bits per heavy atom. The van der Waals surface area contributed by atoms with E-state index in [0.717, 1.165) is 12.5 Å². The molecular formula is C14H30N2. The van der Waals surface area contributed by atoms with Crippen molar-refractivity contribution in [3.8, 4) is 0 Å². The Bertz CT molecular complexity index is 159. The minimum Gasteiger partial charge on any atom is -0.330 e. The Balaban J connectivity index is 1.90. The first-order valence-corrected chi connectivity index (χ1v) is 7.29. The zero-order chi connectivity index (χ0) is 11.6. The van der Waals surface area contributed by atoms with Crippen LogP contribution in [-0.2, 0) is 0 Å². The van der Waals surface area contributed by atoms with E-state index in [9.17, 15) is 0 Å². The minimum absolute atomic E-state index is 0.871. The molecule has 0 saturated carbocycles. The quantitative estimate of drug-likeness (QED) is 0.612. The Hall–Kier alpha value is -0.0800. The van der Waals surface area contributed by atoms with E-state index < -0.39 is 0 Å². The molecule has 2 N–H and O–H groups in total. The number of nitrogens with zero attached hydrogens (tertiary/aromatic N) is 1. The lowest BCUT2D eigenvalue weighted by Gasteiger charge is -2.15. The summed E-state index contributed by atoms with van der Waals surface area (Å²) >= 11 is 0. The molecule has 2 nitrogen and oxygen atoms in total. The zero-order valence-electron chi connectivity index (χ0n) is 11.1. The first-order chi connectivity index (χ1) is 7.86. The van der Waals surface area contributed by atoms with E-state index in [0.29, 0.717) is 0 Å². The van der Waals surface area contributed by atoms with Crippen molar-refractivity contribution in [2.45, 2.75) is 58.3 Å². The summed E-state index contributed by atoms with van der Waals surface area (Å²) in [6, 6.07) is 0. The van der Waals surface area contributed by atoms with Gasteiger partial charge in [-0.05, 0) is 44.8 Å². The van der Waals surface area contributed by atoms with Crippen LogP contribution in [0, 0.1) is 5.92 Å². The van der Waals surface area contributed by atoms with Crippen LogP contribution in [0.3, 0.4) is 0 Å². The highest BCUT2D eigenvalue weighted by Gasteiger charge is 2.20. The van der Waals surface area contributed by atoms with E-state index in [1.54, 1.807) is 0 Å². The molecule has 1 fully saturated rings. The van der Waals surface area contributed by atoms with E-state index in [4.69, 9.17) is 5.73 Å². The highest BCUT2D eigenvalue weighted by molar-refractivity contribution is 4.75. The first-order valence-electron chi connectivity index (χ1n) is 7.29. The van der Waals surface area contributed by atoms with Crippen LogP contribution >= 0.6 is 0 Å². The van der Waals surface area contributed by atoms with Gasteiger partial charge in [0.2, 0.25) is 0 Å². The van der Waals surface area contributed by atoms with Crippen LogP contribution in [0.15, 0.2) is 0 Å². The average Bonchev–Trinajstić information content (AvgIpc) is 2.72. The predicted molar refractivity (Wildman–Crippen MR) is 71.6 cm³/mol.